The summed E-state index contributed by atoms with van der Waals surface area (Å²) < 4.78 is 4.52. The van der Waals surface area contributed by atoms with Crippen LogP contribution in [0.3, 0.4) is 0 Å². The molecule has 0 amide bonds. The summed E-state index contributed by atoms with van der Waals surface area (Å²) in [7, 11) is 1.33. The van der Waals surface area contributed by atoms with Gasteiger partial charge in [-0.25, -0.2) is 0 Å². The van der Waals surface area contributed by atoms with E-state index in [2.05, 4.69) is 4.74 Å². The summed E-state index contributed by atoms with van der Waals surface area (Å²) in [5, 5.41) is 0.573. The van der Waals surface area contributed by atoms with Crippen LogP contribution in [0.15, 0.2) is 24.3 Å². The quantitative estimate of drug-likeness (QED) is 0.781. The third kappa shape index (κ3) is 2.72. The Labute approximate surface area is 87.8 Å². The highest BCUT2D eigenvalue weighted by molar-refractivity contribution is 6.31. The van der Waals surface area contributed by atoms with Crippen LogP contribution < -0.4 is 5.73 Å². The molecule has 4 heteroatoms. The van der Waals surface area contributed by atoms with Gasteiger partial charge in [-0.15, -0.1) is 0 Å². The lowest BCUT2D eigenvalue weighted by molar-refractivity contribution is -0.141. The molecule has 0 aliphatic heterocycles. The summed E-state index contributed by atoms with van der Waals surface area (Å²) in [6.07, 6.45) is 0.139. The van der Waals surface area contributed by atoms with Gasteiger partial charge in [0.1, 0.15) is 0 Å². The maximum atomic E-state index is 11.0. The van der Waals surface area contributed by atoms with Crippen LogP contribution in [0, 0.1) is 0 Å². The molecule has 1 aromatic rings. The lowest BCUT2D eigenvalue weighted by atomic mass is 10.1. The Balaban J connectivity index is 2.74. The van der Waals surface area contributed by atoms with Gasteiger partial charge in [0.2, 0.25) is 0 Å². The number of rotatable bonds is 3. The van der Waals surface area contributed by atoms with Crippen LogP contribution in [0.25, 0.3) is 0 Å². The van der Waals surface area contributed by atoms with Crippen molar-refractivity contribution in [2.45, 2.75) is 12.5 Å². The van der Waals surface area contributed by atoms with Gasteiger partial charge in [0, 0.05) is 11.1 Å². The molecule has 0 unspecified atom stereocenters. The summed E-state index contributed by atoms with van der Waals surface area (Å²) >= 11 is 5.91. The van der Waals surface area contributed by atoms with Gasteiger partial charge >= 0.3 is 5.97 Å². The molecule has 0 radical (unpaired) electrons. The first-order valence-electron chi connectivity index (χ1n) is 4.22. The van der Waals surface area contributed by atoms with Crippen molar-refractivity contribution in [2.75, 3.05) is 7.11 Å². The fourth-order valence-corrected chi connectivity index (χ4v) is 1.42. The van der Waals surface area contributed by atoms with Gasteiger partial charge in [0.15, 0.2) is 0 Å². The predicted molar refractivity (Wildman–Crippen MR) is 55.0 cm³/mol. The summed E-state index contributed by atoms with van der Waals surface area (Å²) in [6.45, 7) is 0. The van der Waals surface area contributed by atoms with E-state index in [-0.39, 0.29) is 12.4 Å². The highest BCUT2D eigenvalue weighted by atomic mass is 35.5. The molecule has 1 aromatic carbocycles. The van der Waals surface area contributed by atoms with Gasteiger partial charge in [-0.2, -0.15) is 0 Å². The molecule has 0 aromatic heterocycles. The zero-order chi connectivity index (χ0) is 10.6. The van der Waals surface area contributed by atoms with Crippen LogP contribution in [0.5, 0.6) is 0 Å². The van der Waals surface area contributed by atoms with Crippen LogP contribution in [0.4, 0.5) is 0 Å². The Kier molecular flexibility index (Phi) is 3.92. The van der Waals surface area contributed by atoms with Crippen molar-refractivity contribution in [3.05, 3.63) is 34.9 Å². The Morgan fingerprint density at radius 1 is 1.57 bits per heavy atom. The maximum absolute atomic E-state index is 11.0. The first-order valence-corrected chi connectivity index (χ1v) is 4.59. The second-order valence-corrected chi connectivity index (χ2v) is 3.32. The molecule has 0 bridgehead atoms. The molecule has 3 nitrogen and oxygen atoms in total. The average Bonchev–Trinajstić information content (AvgIpc) is 2.18. The van der Waals surface area contributed by atoms with Crippen molar-refractivity contribution >= 4 is 17.6 Å². The molecule has 1 rings (SSSR count). The van der Waals surface area contributed by atoms with Crippen LogP contribution in [-0.4, -0.2) is 13.1 Å². The second kappa shape index (κ2) is 4.98. The molecule has 0 saturated carbocycles. The Hall–Kier alpha value is -1.06. The average molecular weight is 214 g/mol. The molecular formula is C10H12ClNO2. The lowest BCUT2D eigenvalue weighted by Crippen LogP contribution is -2.16. The van der Waals surface area contributed by atoms with E-state index in [4.69, 9.17) is 17.3 Å². The van der Waals surface area contributed by atoms with Crippen LogP contribution in [0.2, 0.25) is 5.02 Å². The monoisotopic (exact) mass is 213 g/mol. The molecule has 0 aliphatic rings. The van der Waals surface area contributed by atoms with Crippen molar-refractivity contribution in [2.24, 2.45) is 5.73 Å². The normalized spacial score (nSPS) is 12.2. The summed E-state index contributed by atoms with van der Waals surface area (Å²) in [5.41, 5.74) is 6.55. The lowest BCUT2D eigenvalue weighted by Gasteiger charge is -2.11. The smallest absolute Gasteiger partial charge is 0.307 e. The zero-order valence-corrected chi connectivity index (χ0v) is 8.62. The van der Waals surface area contributed by atoms with Crippen LogP contribution >= 0.6 is 11.6 Å². The number of esters is 1. The number of hydrogen-bond donors (Lipinski definition) is 1. The summed E-state index contributed by atoms with van der Waals surface area (Å²) in [6, 6.07) is 6.79. The van der Waals surface area contributed by atoms with Crippen LogP contribution in [0.1, 0.15) is 18.0 Å². The van der Waals surface area contributed by atoms with Crippen molar-refractivity contribution < 1.29 is 9.53 Å². The van der Waals surface area contributed by atoms with Crippen molar-refractivity contribution in [3.8, 4) is 0 Å². The molecular weight excluding hydrogens is 202 g/mol. The van der Waals surface area contributed by atoms with E-state index in [0.29, 0.717) is 5.02 Å². The number of carbonyl (C=O) groups excluding carboxylic acids is 1. The minimum atomic E-state index is -0.406. The Morgan fingerprint density at radius 2 is 2.21 bits per heavy atom. The second-order valence-electron chi connectivity index (χ2n) is 2.91. The number of carbonyl (C=O) groups is 1. The minimum absolute atomic E-state index is 0.139. The van der Waals surface area contributed by atoms with E-state index in [0.717, 1.165) is 5.56 Å². The molecule has 76 valence electrons. The van der Waals surface area contributed by atoms with Gasteiger partial charge in [-0.05, 0) is 11.6 Å². The number of nitrogens with two attached hydrogens (primary N) is 1. The van der Waals surface area contributed by atoms with Gasteiger partial charge in [-0.3, -0.25) is 4.79 Å². The Bertz CT molecular complexity index is 328. The third-order valence-corrected chi connectivity index (χ3v) is 2.26. The van der Waals surface area contributed by atoms with Gasteiger partial charge in [-0.1, -0.05) is 29.8 Å². The van der Waals surface area contributed by atoms with E-state index >= 15 is 0 Å². The highest BCUT2D eigenvalue weighted by Gasteiger charge is 2.13. The zero-order valence-electron chi connectivity index (χ0n) is 7.87. The topological polar surface area (TPSA) is 52.3 Å². The standard InChI is InChI=1S/C10H12ClNO2/c1-14-10(13)6-9(12)7-4-2-3-5-8(7)11/h2-5,9H,6,12H2,1H3/t9-/m1/s1. The number of halogens is 1. The van der Waals surface area contributed by atoms with E-state index in [9.17, 15) is 4.79 Å². The van der Waals surface area contributed by atoms with E-state index in [1.165, 1.54) is 7.11 Å². The van der Waals surface area contributed by atoms with E-state index in [1.807, 2.05) is 12.1 Å². The molecule has 2 N–H and O–H groups in total. The molecule has 0 saturated heterocycles. The van der Waals surface area contributed by atoms with Crippen molar-refractivity contribution in [1.82, 2.24) is 0 Å². The van der Waals surface area contributed by atoms with Crippen molar-refractivity contribution in [1.29, 1.82) is 0 Å². The predicted octanol–water partition coefficient (Wildman–Crippen LogP) is 1.90. The molecule has 0 aliphatic carbocycles. The third-order valence-electron chi connectivity index (χ3n) is 1.92. The first kappa shape index (κ1) is 11.0. The minimum Gasteiger partial charge on any atom is -0.469 e. The van der Waals surface area contributed by atoms with E-state index in [1.54, 1.807) is 12.1 Å². The molecule has 1 atom stereocenters. The number of ether oxygens (including phenoxy) is 1. The SMILES string of the molecule is COC(=O)C[C@@H](N)c1ccccc1Cl. The molecule has 0 fully saturated rings. The van der Waals surface area contributed by atoms with Gasteiger partial charge in [0.25, 0.3) is 0 Å². The first-order chi connectivity index (χ1) is 6.65. The summed E-state index contributed by atoms with van der Waals surface area (Å²) in [4.78, 5) is 11.0. The fourth-order valence-electron chi connectivity index (χ4n) is 1.15. The number of benzene rings is 1. The number of hydrogen-bond acceptors (Lipinski definition) is 3. The van der Waals surface area contributed by atoms with Gasteiger partial charge < -0.3 is 10.5 Å². The maximum Gasteiger partial charge on any atom is 0.307 e. The van der Waals surface area contributed by atoms with Gasteiger partial charge in [0.05, 0.1) is 13.5 Å². The van der Waals surface area contributed by atoms with Crippen LogP contribution in [-0.2, 0) is 9.53 Å². The number of methoxy groups -OCH3 is 1. The molecule has 0 spiro atoms. The molecule has 0 heterocycles. The largest absolute Gasteiger partial charge is 0.469 e. The molecule has 14 heavy (non-hydrogen) atoms. The Morgan fingerprint density at radius 3 is 2.79 bits per heavy atom. The summed E-state index contributed by atoms with van der Waals surface area (Å²) in [5.74, 6) is -0.336. The van der Waals surface area contributed by atoms with E-state index < -0.39 is 6.04 Å². The van der Waals surface area contributed by atoms with Crippen molar-refractivity contribution in [3.63, 3.8) is 0 Å². The fraction of sp³-hybridized carbons (Fsp3) is 0.300. The highest BCUT2D eigenvalue weighted by Crippen LogP contribution is 2.23.